The molecule has 2 N–H and O–H groups in total. The van der Waals surface area contributed by atoms with Gasteiger partial charge < -0.3 is 5.11 Å². The summed E-state index contributed by atoms with van der Waals surface area (Å²) in [6.45, 7) is 0.000185. The van der Waals surface area contributed by atoms with Gasteiger partial charge in [0.1, 0.15) is 5.82 Å². The van der Waals surface area contributed by atoms with Crippen LogP contribution in [0.15, 0.2) is 12.1 Å². The first-order valence-corrected chi connectivity index (χ1v) is 7.47. The molecule has 0 aliphatic rings. The molecule has 0 spiro atoms. The zero-order valence-corrected chi connectivity index (χ0v) is 12.4. The van der Waals surface area contributed by atoms with Crippen LogP contribution in [0.5, 0.6) is 0 Å². The van der Waals surface area contributed by atoms with Gasteiger partial charge in [-0.2, -0.15) is 12.7 Å². The third-order valence-corrected chi connectivity index (χ3v) is 4.34. The molecule has 9 heteroatoms. The van der Waals surface area contributed by atoms with Gasteiger partial charge in [0.25, 0.3) is 0 Å². The summed E-state index contributed by atoms with van der Waals surface area (Å²) < 4.78 is 40.0. The van der Waals surface area contributed by atoms with Crippen LogP contribution in [0.4, 0.5) is 10.1 Å². The largest absolute Gasteiger partial charge is 0.396 e. The molecule has 0 saturated carbocycles. The molecule has 0 radical (unpaired) electrons. The third kappa shape index (κ3) is 4.47. The van der Waals surface area contributed by atoms with Gasteiger partial charge in [-0.3, -0.25) is 4.72 Å². The Hall–Kier alpha value is -0.600. The van der Waals surface area contributed by atoms with Crippen molar-refractivity contribution in [2.24, 2.45) is 0 Å². The summed E-state index contributed by atoms with van der Waals surface area (Å²) in [5.74, 6) is -0.661. The number of hydrogen-bond donors (Lipinski definition) is 2. The second kappa shape index (κ2) is 6.71. The van der Waals surface area contributed by atoms with Gasteiger partial charge in [-0.15, -0.1) is 0 Å². The predicted molar refractivity (Wildman–Crippen MR) is 73.3 cm³/mol. The topological polar surface area (TPSA) is 69.6 Å². The van der Waals surface area contributed by atoms with E-state index >= 15 is 0 Å². The van der Waals surface area contributed by atoms with E-state index in [9.17, 15) is 12.8 Å². The first-order valence-electron chi connectivity index (χ1n) is 5.27. The van der Waals surface area contributed by atoms with Crippen LogP contribution < -0.4 is 4.72 Å². The molecule has 0 fully saturated rings. The average Bonchev–Trinajstić information content (AvgIpc) is 2.30. The molecule has 0 aliphatic heterocycles. The normalized spacial score (nSPS) is 11.9. The highest BCUT2D eigenvalue weighted by Crippen LogP contribution is 2.32. The van der Waals surface area contributed by atoms with E-state index in [2.05, 4.69) is 4.72 Å². The highest BCUT2D eigenvalue weighted by molar-refractivity contribution is 7.90. The van der Waals surface area contributed by atoms with Gasteiger partial charge in [0.05, 0.1) is 15.7 Å². The van der Waals surface area contributed by atoms with Crippen molar-refractivity contribution < 1.29 is 17.9 Å². The summed E-state index contributed by atoms with van der Waals surface area (Å²) >= 11 is 11.5. The molecule has 5 nitrogen and oxygen atoms in total. The molecule has 0 amide bonds. The minimum atomic E-state index is -3.86. The van der Waals surface area contributed by atoms with Crippen LogP contribution in [0.3, 0.4) is 0 Å². The van der Waals surface area contributed by atoms with E-state index in [1.165, 1.54) is 7.05 Å². The van der Waals surface area contributed by atoms with Crippen LogP contribution in [0.25, 0.3) is 0 Å². The first kappa shape index (κ1) is 16.5. The van der Waals surface area contributed by atoms with Crippen LogP contribution >= 0.6 is 23.2 Å². The van der Waals surface area contributed by atoms with Crippen molar-refractivity contribution in [3.05, 3.63) is 28.0 Å². The molecular weight excluding hydrogens is 318 g/mol. The molecule has 1 aromatic carbocycles. The highest BCUT2D eigenvalue weighted by Gasteiger charge is 2.20. The summed E-state index contributed by atoms with van der Waals surface area (Å²) in [7, 11) is -2.53. The van der Waals surface area contributed by atoms with E-state index in [-0.39, 0.29) is 28.9 Å². The van der Waals surface area contributed by atoms with Crippen molar-refractivity contribution in [1.82, 2.24) is 4.31 Å². The molecule has 0 aliphatic carbocycles. The summed E-state index contributed by atoms with van der Waals surface area (Å²) in [5, 5.41) is 8.39. The predicted octanol–water partition coefficient (Wildman–Crippen LogP) is 2.10. The molecule has 108 valence electrons. The fraction of sp³-hybridized carbons (Fsp3) is 0.400. The number of hydrogen-bond acceptors (Lipinski definition) is 3. The van der Waals surface area contributed by atoms with Crippen molar-refractivity contribution in [1.29, 1.82) is 0 Å². The summed E-state index contributed by atoms with van der Waals surface area (Å²) in [4.78, 5) is 0. The smallest absolute Gasteiger partial charge is 0.301 e. The Morgan fingerprint density at radius 2 is 1.89 bits per heavy atom. The SMILES string of the molecule is CN(CCCO)S(=O)(=O)Nc1c(Cl)cc(F)cc1Cl. The minimum absolute atomic E-state index is 0.0828. The second-order valence-corrected chi connectivity index (χ2v) is 6.34. The Morgan fingerprint density at radius 1 is 1.37 bits per heavy atom. The van der Waals surface area contributed by atoms with E-state index in [1.54, 1.807) is 0 Å². The molecular formula is C10H13Cl2FN2O3S. The molecule has 1 rings (SSSR count). The van der Waals surface area contributed by atoms with Gasteiger partial charge in [-0.25, -0.2) is 4.39 Å². The van der Waals surface area contributed by atoms with E-state index in [0.29, 0.717) is 6.42 Å². The molecule has 19 heavy (non-hydrogen) atoms. The van der Waals surface area contributed by atoms with Gasteiger partial charge in [-0.1, -0.05) is 23.2 Å². The molecule has 0 atom stereocenters. The fourth-order valence-corrected chi connectivity index (χ4v) is 2.93. The first-order chi connectivity index (χ1) is 8.77. The number of nitrogens with one attached hydrogen (secondary N) is 1. The highest BCUT2D eigenvalue weighted by atomic mass is 35.5. The molecule has 1 aromatic rings. The minimum Gasteiger partial charge on any atom is -0.396 e. The Labute approximate surface area is 121 Å². The van der Waals surface area contributed by atoms with E-state index in [1.807, 2.05) is 0 Å². The van der Waals surface area contributed by atoms with Gasteiger partial charge in [-0.05, 0) is 18.6 Å². The van der Waals surface area contributed by atoms with Crippen LogP contribution in [-0.4, -0.2) is 38.0 Å². The van der Waals surface area contributed by atoms with E-state index in [0.717, 1.165) is 16.4 Å². The standard InChI is InChI=1S/C10H13Cl2FN2O3S/c1-15(3-2-4-16)19(17,18)14-10-8(11)5-7(13)6-9(10)12/h5-6,14,16H,2-4H2,1H3. The summed E-state index contributed by atoms with van der Waals surface area (Å²) in [6.07, 6.45) is 0.294. The van der Waals surface area contributed by atoms with Crippen molar-refractivity contribution in [2.75, 3.05) is 24.9 Å². The molecule has 0 heterocycles. The van der Waals surface area contributed by atoms with Crippen LogP contribution in [-0.2, 0) is 10.2 Å². The number of rotatable bonds is 6. The van der Waals surface area contributed by atoms with Crippen molar-refractivity contribution in [3.63, 3.8) is 0 Å². The maximum Gasteiger partial charge on any atom is 0.301 e. The number of anilines is 1. The number of aliphatic hydroxyl groups excluding tert-OH is 1. The quantitative estimate of drug-likeness (QED) is 0.839. The Balaban J connectivity index is 2.96. The molecule has 0 aromatic heterocycles. The Kier molecular flexibility index (Phi) is 5.82. The molecule has 0 unspecified atom stereocenters. The van der Waals surface area contributed by atoms with Gasteiger partial charge in [0.15, 0.2) is 0 Å². The zero-order chi connectivity index (χ0) is 14.6. The third-order valence-electron chi connectivity index (χ3n) is 2.28. The fourth-order valence-electron chi connectivity index (χ4n) is 1.26. The van der Waals surface area contributed by atoms with Gasteiger partial charge in [0, 0.05) is 20.2 Å². The molecule has 0 bridgehead atoms. The maximum absolute atomic E-state index is 13.0. The van der Waals surface area contributed by atoms with Crippen LogP contribution in [0, 0.1) is 5.82 Å². The Bertz CT molecular complexity index is 531. The van der Waals surface area contributed by atoms with Crippen molar-refractivity contribution >= 4 is 39.1 Å². The summed E-state index contributed by atoms with van der Waals surface area (Å²) in [5.41, 5.74) is -0.0828. The van der Waals surface area contributed by atoms with Gasteiger partial charge in [0.2, 0.25) is 0 Å². The number of aliphatic hydroxyl groups is 1. The lowest BCUT2D eigenvalue weighted by molar-refractivity contribution is 0.276. The number of halogens is 3. The van der Waals surface area contributed by atoms with Crippen molar-refractivity contribution in [2.45, 2.75) is 6.42 Å². The van der Waals surface area contributed by atoms with E-state index < -0.39 is 16.0 Å². The average molecular weight is 331 g/mol. The van der Waals surface area contributed by atoms with Crippen molar-refractivity contribution in [3.8, 4) is 0 Å². The Morgan fingerprint density at radius 3 is 2.37 bits per heavy atom. The lowest BCUT2D eigenvalue weighted by Gasteiger charge is -2.19. The van der Waals surface area contributed by atoms with Crippen LogP contribution in [0.2, 0.25) is 10.0 Å². The molecule has 0 saturated heterocycles. The van der Waals surface area contributed by atoms with Crippen LogP contribution in [0.1, 0.15) is 6.42 Å². The lowest BCUT2D eigenvalue weighted by atomic mass is 10.3. The second-order valence-electron chi connectivity index (χ2n) is 3.75. The summed E-state index contributed by atoms with van der Waals surface area (Å²) in [6, 6.07) is 1.91. The monoisotopic (exact) mass is 330 g/mol. The van der Waals surface area contributed by atoms with Gasteiger partial charge >= 0.3 is 10.2 Å². The number of benzene rings is 1. The zero-order valence-electron chi connectivity index (χ0n) is 10.0. The maximum atomic E-state index is 13.0. The lowest BCUT2D eigenvalue weighted by Crippen LogP contribution is -2.33. The van der Waals surface area contributed by atoms with E-state index in [4.69, 9.17) is 28.3 Å². The number of nitrogens with zero attached hydrogens (tertiary/aromatic N) is 1.